The summed E-state index contributed by atoms with van der Waals surface area (Å²) >= 11 is 6.06. The van der Waals surface area contributed by atoms with Crippen LogP contribution in [0.3, 0.4) is 0 Å². The number of rotatable bonds is 4. The zero-order valence-corrected chi connectivity index (χ0v) is 13.2. The molecule has 3 aromatic rings. The smallest absolute Gasteiger partial charge is 0.277 e. The van der Waals surface area contributed by atoms with Crippen molar-refractivity contribution < 1.29 is 4.79 Å². The van der Waals surface area contributed by atoms with Gasteiger partial charge in [-0.2, -0.15) is 5.10 Å². The van der Waals surface area contributed by atoms with Gasteiger partial charge in [-0.15, -0.1) is 0 Å². The maximum Gasteiger partial charge on any atom is 0.277 e. The average molecular weight is 341 g/mol. The number of nitrogens with one attached hydrogen (secondary N) is 2. The molecule has 2 heterocycles. The van der Waals surface area contributed by atoms with E-state index in [-0.39, 0.29) is 12.1 Å². The molecule has 24 heavy (non-hydrogen) atoms. The normalized spacial score (nSPS) is 10.4. The van der Waals surface area contributed by atoms with E-state index in [1.54, 1.807) is 30.6 Å². The van der Waals surface area contributed by atoms with Gasteiger partial charge in [-0.3, -0.25) is 14.6 Å². The van der Waals surface area contributed by atoms with Crippen LogP contribution in [0.25, 0.3) is 11.3 Å². The van der Waals surface area contributed by atoms with Gasteiger partial charge in [0.2, 0.25) is 0 Å². The summed E-state index contributed by atoms with van der Waals surface area (Å²) in [7, 11) is 0. The Hall–Kier alpha value is -2.99. The fraction of sp³-hybridized carbons (Fsp3) is 0.0588. The minimum absolute atomic E-state index is 0.0103. The van der Waals surface area contributed by atoms with Crippen molar-refractivity contribution in [1.29, 1.82) is 0 Å². The number of hydrogen-bond acceptors (Lipinski definition) is 4. The zero-order chi connectivity index (χ0) is 16.9. The van der Waals surface area contributed by atoms with E-state index in [0.717, 1.165) is 11.1 Å². The van der Waals surface area contributed by atoms with Crippen molar-refractivity contribution >= 4 is 17.5 Å². The number of aromatic amines is 1. The number of benzene rings is 1. The third-order valence-corrected chi connectivity index (χ3v) is 3.79. The van der Waals surface area contributed by atoms with Crippen molar-refractivity contribution in [2.24, 2.45) is 0 Å². The minimum Gasteiger partial charge on any atom is -0.348 e. The average Bonchev–Trinajstić information content (AvgIpc) is 2.62. The van der Waals surface area contributed by atoms with Crippen molar-refractivity contribution in [2.75, 3.05) is 0 Å². The topological polar surface area (TPSA) is 87.7 Å². The van der Waals surface area contributed by atoms with Crippen molar-refractivity contribution in [1.82, 2.24) is 20.5 Å². The van der Waals surface area contributed by atoms with Crippen LogP contribution in [0.15, 0.2) is 59.7 Å². The van der Waals surface area contributed by atoms with Gasteiger partial charge in [0.25, 0.3) is 11.5 Å². The largest absolute Gasteiger partial charge is 0.348 e. The summed E-state index contributed by atoms with van der Waals surface area (Å²) in [6.45, 7) is 0.227. The number of halogens is 1. The van der Waals surface area contributed by atoms with Gasteiger partial charge in [0, 0.05) is 29.5 Å². The first-order valence-electron chi connectivity index (χ1n) is 7.17. The highest BCUT2D eigenvalue weighted by Crippen LogP contribution is 2.16. The highest BCUT2D eigenvalue weighted by Gasteiger charge is 2.13. The van der Waals surface area contributed by atoms with Crippen LogP contribution in [0, 0.1) is 0 Å². The van der Waals surface area contributed by atoms with Crippen LogP contribution in [-0.2, 0) is 6.54 Å². The van der Waals surface area contributed by atoms with E-state index in [2.05, 4.69) is 20.5 Å². The Morgan fingerprint density at radius 2 is 1.92 bits per heavy atom. The fourth-order valence-corrected chi connectivity index (χ4v) is 2.36. The summed E-state index contributed by atoms with van der Waals surface area (Å²) in [6, 6.07) is 12.1. The number of carbonyl (C=O) groups is 1. The molecule has 3 rings (SSSR count). The molecule has 0 unspecified atom stereocenters. The molecule has 0 saturated carbocycles. The minimum atomic E-state index is -0.551. The quantitative estimate of drug-likeness (QED) is 0.763. The molecule has 2 aromatic heterocycles. The Morgan fingerprint density at radius 1 is 1.17 bits per heavy atom. The Labute approximate surface area is 142 Å². The van der Waals surface area contributed by atoms with E-state index in [9.17, 15) is 9.59 Å². The molecule has 1 amide bonds. The Kier molecular flexibility index (Phi) is 4.67. The van der Waals surface area contributed by atoms with Gasteiger partial charge in [-0.1, -0.05) is 29.8 Å². The van der Waals surface area contributed by atoms with E-state index in [4.69, 9.17) is 11.6 Å². The number of amides is 1. The molecule has 6 nitrogen and oxygen atoms in total. The van der Waals surface area contributed by atoms with Crippen LogP contribution in [0.4, 0.5) is 0 Å². The monoisotopic (exact) mass is 340 g/mol. The molecule has 7 heteroatoms. The summed E-state index contributed by atoms with van der Waals surface area (Å²) in [5.74, 6) is -0.492. The van der Waals surface area contributed by atoms with Crippen LogP contribution in [0.2, 0.25) is 5.02 Å². The van der Waals surface area contributed by atoms with Gasteiger partial charge in [0.15, 0.2) is 0 Å². The molecule has 0 aliphatic heterocycles. The molecule has 0 atom stereocenters. The lowest BCUT2D eigenvalue weighted by Crippen LogP contribution is -2.29. The van der Waals surface area contributed by atoms with Crippen LogP contribution >= 0.6 is 11.6 Å². The first-order valence-corrected chi connectivity index (χ1v) is 7.54. The molecule has 120 valence electrons. The number of hydrogen-bond donors (Lipinski definition) is 2. The van der Waals surface area contributed by atoms with Crippen molar-refractivity contribution in [3.63, 3.8) is 0 Å². The summed E-state index contributed by atoms with van der Waals surface area (Å²) in [5.41, 5.74) is 1.45. The molecule has 2 N–H and O–H groups in total. The zero-order valence-electron chi connectivity index (χ0n) is 12.5. The molecule has 0 saturated heterocycles. The highest BCUT2D eigenvalue weighted by molar-refractivity contribution is 6.31. The van der Waals surface area contributed by atoms with Gasteiger partial charge in [0.05, 0.1) is 5.69 Å². The maximum atomic E-state index is 12.3. The third-order valence-electron chi connectivity index (χ3n) is 3.42. The Bertz CT molecular complexity index is 925. The first-order chi connectivity index (χ1) is 11.6. The standard InChI is InChI=1S/C17H13ClN4O2/c18-14-4-2-1-3-12(14)10-20-16(23)13-9-15(21-22-17(13)24)11-5-7-19-8-6-11/h1-9H,10H2,(H,20,23)(H,22,24). The summed E-state index contributed by atoms with van der Waals surface area (Å²) < 4.78 is 0. The van der Waals surface area contributed by atoms with Crippen LogP contribution in [-0.4, -0.2) is 21.1 Å². The lowest BCUT2D eigenvalue weighted by atomic mass is 10.1. The van der Waals surface area contributed by atoms with E-state index in [1.807, 2.05) is 18.2 Å². The van der Waals surface area contributed by atoms with Gasteiger partial charge < -0.3 is 5.32 Å². The summed E-state index contributed by atoms with van der Waals surface area (Å²) in [4.78, 5) is 28.2. The molecular formula is C17H13ClN4O2. The highest BCUT2D eigenvalue weighted by atomic mass is 35.5. The van der Waals surface area contributed by atoms with Gasteiger partial charge in [-0.05, 0) is 29.8 Å². The van der Waals surface area contributed by atoms with Crippen molar-refractivity contribution in [2.45, 2.75) is 6.54 Å². The lowest BCUT2D eigenvalue weighted by molar-refractivity contribution is 0.0949. The molecule has 0 aliphatic carbocycles. The second kappa shape index (κ2) is 7.06. The third kappa shape index (κ3) is 3.49. The molecule has 0 aliphatic rings. The number of carbonyl (C=O) groups excluding carboxylic acids is 1. The molecular weight excluding hydrogens is 328 g/mol. The van der Waals surface area contributed by atoms with Gasteiger partial charge in [-0.25, -0.2) is 5.10 Å². The SMILES string of the molecule is O=C(NCc1ccccc1Cl)c1cc(-c2ccncc2)n[nH]c1=O. The molecule has 0 bridgehead atoms. The van der Waals surface area contributed by atoms with Crippen molar-refractivity contribution in [3.8, 4) is 11.3 Å². The summed E-state index contributed by atoms with van der Waals surface area (Å²) in [6.07, 6.45) is 3.22. The van der Waals surface area contributed by atoms with Gasteiger partial charge >= 0.3 is 0 Å². The molecule has 1 aromatic carbocycles. The second-order valence-electron chi connectivity index (χ2n) is 5.01. The van der Waals surface area contributed by atoms with Crippen LogP contribution in [0.5, 0.6) is 0 Å². The Morgan fingerprint density at radius 3 is 2.67 bits per heavy atom. The predicted octanol–water partition coefficient (Wildman–Crippen LogP) is 2.42. The Balaban J connectivity index is 1.82. The predicted molar refractivity (Wildman–Crippen MR) is 90.7 cm³/mol. The second-order valence-corrected chi connectivity index (χ2v) is 5.41. The van der Waals surface area contributed by atoms with Crippen LogP contribution in [0.1, 0.15) is 15.9 Å². The molecule has 0 radical (unpaired) electrons. The summed E-state index contributed by atoms with van der Waals surface area (Å²) in [5, 5.41) is 9.55. The van der Waals surface area contributed by atoms with E-state index in [1.165, 1.54) is 6.07 Å². The number of pyridine rings is 1. The van der Waals surface area contributed by atoms with Crippen molar-refractivity contribution in [3.05, 3.63) is 81.4 Å². The van der Waals surface area contributed by atoms with E-state index >= 15 is 0 Å². The number of H-pyrrole nitrogens is 1. The van der Waals surface area contributed by atoms with E-state index in [0.29, 0.717) is 10.7 Å². The fourth-order valence-electron chi connectivity index (χ4n) is 2.16. The maximum absolute atomic E-state index is 12.3. The molecule has 0 fully saturated rings. The first kappa shape index (κ1) is 15.9. The number of nitrogens with zero attached hydrogens (tertiary/aromatic N) is 2. The number of aromatic nitrogens is 3. The van der Waals surface area contributed by atoms with Crippen LogP contribution < -0.4 is 10.9 Å². The molecule has 0 spiro atoms. The lowest BCUT2D eigenvalue weighted by Gasteiger charge is -2.07. The van der Waals surface area contributed by atoms with E-state index < -0.39 is 11.5 Å². The van der Waals surface area contributed by atoms with Gasteiger partial charge in [0.1, 0.15) is 5.56 Å².